The van der Waals surface area contributed by atoms with Crippen molar-refractivity contribution in [2.75, 3.05) is 20.1 Å². The molecule has 0 aromatic carbocycles. The minimum Gasteiger partial charge on any atom is -0.481 e. The summed E-state index contributed by atoms with van der Waals surface area (Å²) >= 11 is 0. The van der Waals surface area contributed by atoms with E-state index in [1.54, 1.807) is 0 Å². The third-order valence-corrected chi connectivity index (χ3v) is 2.64. The molecule has 1 aliphatic rings. The summed E-state index contributed by atoms with van der Waals surface area (Å²) in [5.74, 6) is -0.954. The highest BCUT2D eigenvalue weighted by atomic mass is 19.3. The standard InChI is InChI=1S/C9H14F2N2O3/c1-13(4-6(10)11)8(16)12-5-9(2-3-9)7(14)15/h6H,2-5H2,1H3,(H,12,16)(H,14,15). The Labute approximate surface area is 91.4 Å². The van der Waals surface area contributed by atoms with Crippen LogP contribution in [0, 0.1) is 5.41 Å². The van der Waals surface area contributed by atoms with E-state index in [2.05, 4.69) is 5.32 Å². The van der Waals surface area contributed by atoms with Crippen molar-refractivity contribution < 1.29 is 23.5 Å². The van der Waals surface area contributed by atoms with E-state index in [0.29, 0.717) is 12.8 Å². The normalized spacial score (nSPS) is 17.0. The van der Waals surface area contributed by atoms with Gasteiger partial charge in [0.2, 0.25) is 0 Å². The molecule has 7 heteroatoms. The van der Waals surface area contributed by atoms with Crippen molar-refractivity contribution in [1.82, 2.24) is 10.2 Å². The predicted molar refractivity (Wildman–Crippen MR) is 51.3 cm³/mol. The van der Waals surface area contributed by atoms with Gasteiger partial charge in [-0.1, -0.05) is 0 Å². The lowest BCUT2D eigenvalue weighted by atomic mass is 10.1. The molecular weight excluding hydrogens is 222 g/mol. The molecule has 0 saturated heterocycles. The molecule has 1 rings (SSSR count). The average molecular weight is 236 g/mol. The SMILES string of the molecule is CN(CC(F)F)C(=O)NCC1(C(=O)O)CC1. The lowest BCUT2D eigenvalue weighted by Crippen LogP contribution is -2.43. The van der Waals surface area contributed by atoms with Gasteiger partial charge in [-0.25, -0.2) is 13.6 Å². The van der Waals surface area contributed by atoms with Crippen LogP contribution < -0.4 is 5.32 Å². The van der Waals surface area contributed by atoms with Crippen LogP contribution >= 0.6 is 0 Å². The first-order valence-electron chi connectivity index (χ1n) is 4.88. The van der Waals surface area contributed by atoms with Gasteiger partial charge in [0, 0.05) is 13.6 Å². The van der Waals surface area contributed by atoms with Crippen LogP contribution in [-0.2, 0) is 4.79 Å². The first kappa shape index (κ1) is 12.7. The number of carboxylic acid groups (broad SMARTS) is 1. The van der Waals surface area contributed by atoms with Crippen molar-refractivity contribution in [2.45, 2.75) is 19.3 Å². The molecule has 0 heterocycles. The summed E-state index contributed by atoms with van der Waals surface area (Å²) in [7, 11) is 1.24. The lowest BCUT2D eigenvalue weighted by Gasteiger charge is -2.19. The molecule has 2 N–H and O–H groups in total. The number of urea groups is 1. The number of amides is 2. The second-order valence-corrected chi connectivity index (χ2v) is 4.02. The van der Waals surface area contributed by atoms with Crippen LogP contribution in [0.1, 0.15) is 12.8 Å². The molecule has 1 aliphatic carbocycles. The molecule has 0 radical (unpaired) electrons. The Bertz CT molecular complexity index is 292. The van der Waals surface area contributed by atoms with Crippen molar-refractivity contribution in [2.24, 2.45) is 5.41 Å². The van der Waals surface area contributed by atoms with E-state index < -0.39 is 30.4 Å². The van der Waals surface area contributed by atoms with Gasteiger partial charge in [0.15, 0.2) is 0 Å². The molecule has 16 heavy (non-hydrogen) atoms. The third-order valence-electron chi connectivity index (χ3n) is 2.64. The van der Waals surface area contributed by atoms with Gasteiger partial charge in [-0.15, -0.1) is 0 Å². The molecule has 2 amide bonds. The number of hydrogen-bond acceptors (Lipinski definition) is 2. The van der Waals surface area contributed by atoms with Gasteiger partial charge >= 0.3 is 12.0 Å². The number of carbonyl (C=O) groups is 2. The van der Waals surface area contributed by atoms with E-state index in [1.165, 1.54) is 7.05 Å². The maximum absolute atomic E-state index is 11.9. The molecule has 1 fully saturated rings. The molecule has 0 atom stereocenters. The maximum atomic E-state index is 11.9. The van der Waals surface area contributed by atoms with Crippen LogP contribution in [0.5, 0.6) is 0 Å². The average Bonchev–Trinajstić information content (AvgIpc) is 2.93. The summed E-state index contributed by atoms with van der Waals surface area (Å²) in [4.78, 5) is 22.9. The number of rotatable bonds is 5. The van der Waals surface area contributed by atoms with E-state index in [1.807, 2.05) is 0 Å². The third kappa shape index (κ3) is 3.04. The summed E-state index contributed by atoms with van der Waals surface area (Å²) in [5.41, 5.74) is -0.874. The molecule has 0 unspecified atom stereocenters. The van der Waals surface area contributed by atoms with Gasteiger partial charge in [-0.2, -0.15) is 0 Å². The van der Waals surface area contributed by atoms with Gasteiger partial charge in [0.1, 0.15) is 0 Å². The van der Waals surface area contributed by atoms with Crippen molar-refractivity contribution in [3.63, 3.8) is 0 Å². The van der Waals surface area contributed by atoms with Crippen LogP contribution in [0.2, 0.25) is 0 Å². The van der Waals surface area contributed by atoms with Gasteiger partial charge in [-0.05, 0) is 12.8 Å². The highest BCUT2D eigenvalue weighted by molar-refractivity contribution is 5.80. The molecule has 0 aliphatic heterocycles. The number of nitrogens with one attached hydrogen (secondary N) is 1. The molecule has 92 valence electrons. The van der Waals surface area contributed by atoms with Gasteiger partial charge in [-0.3, -0.25) is 4.79 Å². The number of carbonyl (C=O) groups excluding carboxylic acids is 1. The Morgan fingerprint density at radius 2 is 2.06 bits per heavy atom. The van der Waals surface area contributed by atoms with Crippen molar-refractivity contribution in [1.29, 1.82) is 0 Å². The summed E-state index contributed by atoms with van der Waals surface area (Å²) in [6, 6.07) is -0.673. The lowest BCUT2D eigenvalue weighted by molar-refractivity contribution is -0.143. The van der Waals surface area contributed by atoms with Crippen LogP contribution in [0.25, 0.3) is 0 Å². The first-order valence-corrected chi connectivity index (χ1v) is 4.88. The number of halogens is 2. The van der Waals surface area contributed by atoms with Gasteiger partial charge < -0.3 is 15.3 Å². The molecule has 1 saturated carbocycles. The van der Waals surface area contributed by atoms with Gasteiger partial charge in [0.05, 0.1) is 12.0 Å². The quantitative estimate of drug-likeness (QED) is 0.740. The number of hydrogen-bond donors (Lipinski definition) is 2. The Kier molecular flexibility index (Phi) is 3.66. The Balaban J connectivity index is 2.33. The molecule has 0 spiro atoms. The minimum atomic E-state index is -2.59. The molecule has 0 aromatic heterocycles. The maximum Gasteiger partial charge on any atom is 0.317 e. The Hall–Kier alpha value is -1.40. The Morgan fingerprint density at radius 1 is 1.50 bits per heavy atom. The summed E-state index contributed by atoms with van der Waals surface area (Å²) in [6.07, 6.45) is -1.56. The van der Waals surface area contributed by atoms with Crippen LogP contribution in [0.15, 0.2) is 0 Å². The fraction of sp³-hybridized carbons (Fsp3) is 0.778. The summed E-state index contributed by atoms with van der Waals surface area (Å²) in [5, 5.41) is 11.2. The van der Waals surface area contributed by atoms with E-state index in [9.17, 15) is 18.4 Å². The summed E-state index contributed by atoms with van der Waals surface area (Å²) < 4.78 is 23.9. The second-order valence-electron chi connectivity index (χ2n) is 4.02. The fourth-order valence-corrected chi connectivity index (χ4v) is 1.29. The van der Waals surface area contributed by atoms with Crippen LogP contribution in [0.3, 0.4) is 0 Å². The Morgan fingerprint density at radius 3 is 2.44 bits per heavy atom. The fourth-order valence-electron chi connectivity index (χ4n) is 1.29. The number of aliphatic carboxylic acids is 1. The van der Waals surface area contributed by atoms with Crippen LogP contribution in [0.4, 0.5) is 13.6 Å². The zero-order valence-electron chi connectivity index (χ0n) is 8.87. The topological polar surface area (TPSA) is 69.6 Å². The van der Waals surface area contributed by atoms with E-state index in [-0.39, 0.29) is 6.54 Å². The smallest absolute Gasteiger partial charge is 0.317 e. The molecule has 0 bridgehead atoms. The predicted octanol–water partition coefficient (Wildman–Crippen LogP) is 0.758. The second kappa shape index (κ2) is 4.63. The monoisotopic (exact) mass is 236 g/mol. The zero-order valence-corrected chi connectivity index (χ0v) is 8.87. The first-order chi connectivity index (χ1) is 7.37. The molecular formula is C9H14F2N2O3. The highest BCUT2D eigenvalue weighted by Crippen LogP contribution is 2.45. The number of carboxylic acids is 1. The zero-order chi connectivity index (χ0) is 12.3. The number of alkyl halides is 2. The van der Waals surface area contributed by atoms with E-state index >= 15 is 0 Å². The number of nitrogens with zero attached hydrogens (tertiary/aromatic N) is 1. The molecule has 5 nitrogen and oxygen atoms in total. The van der Waals surface area contributed by atoms with Crippen molar-refractivity contribution in [3.8, 4) is 0 Å². The van der Waals surface area contributed by atoms with E-state index in [0.717, 1.165) is 4.90 Å². The minimum absolute atomic E-state index is 0.00521. The largest absolute Gasteiger partial charge is 0.481 e. The molecule has 0 aromatic rings. The van der Waals surface area contributed by atoms with Crippen molar-refractivity contribution in [3.05, 3.63) is 0 Å². The van der Waals surface area contributed by atoms with E-state index in [4.69, 9.17) is 5.11 Å². The highest BCUT2D eigenvalue weighted by Gasteiger charge is 2.50. The van der Waals surface area contributed by atoms with Gasteiger partial charge in [0.25, 0.3) is 6.43 Å². The van der Waals surface area contributed by atoms with Crippen molar-refractivity contribution >= 4 is 12.0 Å². The van der Waals surface area contributed by atoms with Crippen LogP contribution in [-0.4, -0.2) is 48.6 Å². The summed E-state index contributed by atoms with van der Waals surface area (Å²) in [6.45, 7) is -0.666.